The summed E-state index contributed by atoms with van der Waals surface area (Å²) in [6.45, 7) is 4.56. The summed E-state index contributed by atoms with van der Waals surface area (Å²) in [6.07, 6.45) is 3.00. The SMILES string of the molecule is CC1CC(C)CC(OC(=O)c2cc3c(cc2N)OCO3)C1. The van der Waals surface area contributed by atoms with E-state index in [1.807, 2.05) is 0 Å². The summed E-state index contributed by atoms with van der Waals surface area (Å²) in [7, 11) is 0. The monoisotopic (exact) mass is 291 g/mol. The largest absolute Gasteiger partial charge is 0.459 e. The molecule has 1 aromatic rings. The van der Waals surface area contributed by atoms with Gasteiger partial charge in [-0.15, -0.1) is 0 Å². The summed E-state index contributed by atoms with van der Waals surface area (Å²) in [5, 5.41) is 0. The van der Waals surface area contributed by atoms with Crippen molar-refractivity contribution in [3.05, 3.63) is 17.7 Å². The van der Waals surface area contributed by atoms with Crippen molar-refractivity contribution < 1.29 is 19.0 Å². The zero-order chi connectivity index (χ0) is 15.0. The highest BCUT2D eigenvalue weighted by molar-refractivity contribution is 5.96. The number of nitrogen functional groups attached to an aromatic ring is 1. The highest BCUT2D eigenvalue weighted by atomic mass is 16.7. The third-order valence-corrected chi connectivity index (χ3v) is 4.17. The number of ether oxygens (including phenoxy) is 3. The van der Waals surface area contributed by atoms with Gasteiger partial charge in [0.2, 0.25) is 6.79 Å². The van der Waals surface area contributed by atoms with Gasteiger partial charge in [-0.2, -0.15) is 0 Å². The molecule has 114 valence electrons. The standard InChI is InChI=1S/C16H21NO4/c1-9-3-10(2)5-11(4-9)21-16(18)12-6-14-15(7-13(12)17)20-8-19-14/h6-7,9-11H,3-5,8,17H2,1-2H3. The van der Waals surface area contributed by atoms with E-state index in [0.717, 1.165) is 12.8 Å². The van der Waals surface area contributed by atoms with Crippen LogP contribution in [0.4, 0.5) is 5.69 Å². The average Bonchev–Trinajstić information content (AvgIpc) is 2.83. The van der Waals surface area contributed by atoms with Crippen LogP contribution in [0.5, 0.6) is 11.5 Å². The van der Waals surface area contributed by atoms with E-state index in [1.54, 1.807) is 12.1 Å². The summed E-state index contributed by atoms with van der Waals surface area (Å²) >= 11 is 0. The van der Waals surface area contributed by atoms with Crippen LogP contribution >= 0.6 is 0 Å². The van der Waals surface area contributed by atoms with Crippen molar-refractivity contribution in [2.45, 2.75) is 39.2 Å². The van der Waals surface area contributed by atoms with Gasteiger partial charge in [-0.1, -0.05) is 13.8 Å². The lowest BCUT2D eigenvalue weighted by Crippen LogP contribution is -2.28. The molecule has 1 heterocycles. The minimum absolute atomic E-state index is 0.0268. The Kier molecular flexibility index (Phi) is 3.66. The van der Waals surface area contributed by atoms with E-state index in [0.29, 0.717) is 34.6 Å². The molecule has 21 heavy (non-hydrogen) atoms. The number of carbonyl (C=O) groups is 1. The van der Waals surface area contributed by atoms with Crippen LogP contribution in [0, 0.1) is 11.8 Å². The number of nitrogens with two attached hydrogens (primary N) is 1. The highest BCUT2D eigenvalue weighted by Gasteiger charge is 2.28. The lowest BCUT2D eigenvalue weighted by atomic mass is 9.82. The van der Waals surface area contributed by atoms with Crippen LogP contribution in [0.1, 0.15) is 43.5 Å². The Bertz CT molecular complexity index is 547. The molecule has 0 radical (unpaired) electrons. The van der Waals surface area contributed by atoms with Crippen LogP contribution in [-0.2, 0) is 4.74 Å². The lowest BCUT2D eigenvalue weighted by molar-refractivity contribution is 0.00814. The van der Waals surface area contributed by atoms with Gasteiger partial charge in [-0.05, 0) is 31.1 Å². The van der Waals surface area contributed by atoms with Crippen LogP contribution in [0.25, 0.3) is 0 Å². The summed E-state index contributed by atoms with van der Waals surface area (Å²) in [5.41, 5.74) is 6.63. The fourth-order valence-electron chi connectivity index (χ4n) is 3.32. The molecular formula is C16H21NO4. The van der Waals surface area contributed by atoms with Crippen LogP contribution in [-0.4, -0.2) is 18.9 Å². The number of hydrogen-bond acceptors (Lipinski definition) is 5. The Balaban J connectivity index is 1.73. The summed E-state index contributed by atoms with van der Waals surface area (Å²) in [4.78, 5) is 12.3. The van der Waals surface area contributed by atoms with E-state index in [1.165, 1.54) is 6.42 Å². The van der Waals surface area contributed by atoms with Gasteiger partial charge >= 0.3 is 5.97 Å². The van der Waals surface area contributed by atoms with Crippen molar-refractivity contribution in [3.8, 4) is 11.5 Å². The van der Waals surface area contributed by atoms with Gasteiger partial charge in [0.1, 0.15) is 6.10 Å². The van der Waals surface area contributed by atoms with E-state index in [4.69, 9.17) is 19.9 Å². The molecule has 3 rings (SSSR count). The molecule has 2 unspecified atom stereocenters. The van der Waals surface area contributed by atoms with Crippen LogP contribution in [0.3, 0.4) is 0 Å². The topological polar surface area (TPSA) is 70.8 Å². The Morgan fingerprint density at radius 3 is 2.43 bits per heavy atom. The summed E-state index contributed by atoms with van der Waals surface area (Å²) in [5.74, 6) is 1.91. The van der Waals surface area contributed by atoms with Crippen LogP contribution < -0.4 is 15.2 Å². The van der Waals surface area contributed by atoms with Crippen molar-refractivity contribution in [1.29, 1.82) is 0 Å². The smallest absolute Gasteiger partial charge is 0.340 e. The molecule has 1 aromatic carbocycles. The van der Waals surface area contributed by atoms with Gasteiger partial charge in [0.05, 0.1) is 11.3 Å². The van der Waals surface area contributed by atoms with Gasteiger partial charge in [-0.25, -0.2) is 4.79 Å². The zero-order valence-corrected chi connectivity index (χ0v) is 12.4. The van der Waals surface area contributed by atoms with E-state index < -0.39 is 0 Å². The van der Waals surface area contributed by atoms with Gasteiger partial charge in [0.25, 0.3) is 0 Å². The van der Waals surface area contributed by atoms with E-state index in [9.17, 15) is 4.79 Å². The molecule has 2 atom stereocenters. The first-order valence-corrected chi connectivity index (χ1v) is 7.43. The van der Waals surface area contributed by atoms with Crippen molar-refractivity contribution >= 4 is 11.7 Å². The molecule has 1 aliphatic carbocycles. The van der Waals surface area contributed by atoms with Gasteiger partial charge in [0.15, 0.2) is 11.5 Å². The van der Waals surface area contributed by atoms with Crippen molar-refractivity contribution in [2.24, 2.45) is 11.8 Å². The maximum atomic E-state index is 12.3. The van der Waals surface area contributed by atoms with Crippen LogP contribution in [0.2, 0.25) is 0 Å². The molecule has 0 aromatic heterocycles. The molecular weight excluding hydrogens is 270 g/mol. The number of esters is 1. The quantitative estimate of drug-likeness (QED) is 0.670. The minimum atomic E-state index is -0.378. The first-order valence-electron chi connectivity index (χ1n) is 7.43. The lowest BCUT2D eigenvalue weighted by Gasteiger charge is -2.31. The molecule has 1 fully saturated rings. The molecule has 0 bridgehead atoms. The number of rotatable bonds is 2. The summed E-state index contributed by atoms with van der Waals surface area (Å²) < 4.78 is 16.2. The van der Waals surface area contributed by atoms with Gasteiger partial charge in [-0.3, -0.25) is 0 Å². The maximum Gasteiger partial charge on any atom is 0.340 e. The number of fused-ring (bicyclic) bond motifs is 1. The number of carbonyl (C=O) groups excluding carboxylic acids is 1. The fourth-order valence-corrected chi connectivity index (χ4v) is 3.32. The molecule has 0 spiro atoms. The Hall–Kier alpha value is -1.91. The minimum Gasteiger partial charge on any atom is -0.459 e. The maximum absolute atomic E-state index is 12.3. The Labute approximate surface area is 124 Å². The normalized spacial score (nSPS) is 27.4. The predicted molar refractivity (Wildman–Crippen MR) is 78.4 cm³/mol. The first-order chi connectivity index (χ1) is 10.0. The van der Waals surface area contributed by atoms with E-state index in [2.05, 4.69) is 13.8 Å². The molecule has 1 saturated carbocycles. The molecule has 0 saturated heterocycles. The number of benzene rings is 1. The molecule has 2 N–H and O–H groups in total. The summed E-state index contributed by atoms with van der Waals surface area (Å²) in [6, 6.07) is 3.22. The number of anilines is 1. The second-order valence-corrected chi connectivity index (χ2v) is 6.24. The molecule has 0 amide bonds. The number of hydrogen-bond donors (Lipinski definition) is 1. The fraction of sp³-hybridized carbons (Fsp3) is 0.562. The third-order valence-electron chi connectivity index (χ3n) is 4.17. The van der Waals surface area contributed by atoms with Gasteiger partial charge in [0, 0.05) is 12.1 Å². The van der Waals surface area contributed by atoms with Crippen molar-refractivity contribution in [1.82, 2.24) is 0 Å². The van der Waals surface area contributed by atoms with Crippen molar-refractivity contribution in [2.75, 3.05) is 12.5 Å². The van der Waals surface area contributed by atoms with E-state index >= 15 is 0 Å². The van der Waals surface area contributed by atoms with E-state index in [-0.39, 0.29) is 18.9 Å². The van der Waals surface area contributed by atoms with Gasteiger partial charge < -0.3 is 19.9 Å². The molecule has 5 nitrogen and oxygen atoms in total. The zero-order valence-electron chi connectivity index (χ0n) is 12.4. The Morgan fingerprint density at radius 1 is 1.14 bits per heavy atom. The predicted octanol–water partition coefficient (Wildman–Crippen LogP) is 2.98. The van der Waals surface area contributed by atoms with Crippen LogP contribution in [0.15, 0.2) is 12.1 Å². The second kappa shape index (κ2) is 5.47. The first kappa shape index (κ1) is 14.0. The van der Waals surface area contributed by atoms with Crippen molar-refractivity contribution in [3.63, 3.8) is 0 Å². The molecule has 5 heteroatoms. The molecule has 1 aliphatic heterocycles. The third kappa shape index (κ3) is 2.91. The highest BCUT2D eigenvalue weighted by Crippen LogP contribution is 2.37. The molecule has 2 aliphatic rings. The second-order valence-electron chi connectivity index (χ2n) is 6.24. The average molecular weight is 291 g/mol. The Morgan fingerprint density at radius 2 is 1.76 bits per heavy atom.